The maximum atomic E-state index is 9.83. The summed E-state index contributed by atoms with van der Waals surface area (Å²) in [5.41, 5.74) is 0. The molecule has 1 nitrogen and oxygen atoms in total. The lowest BCUT2D eigenvalue weighted by Gasteiger charge is -1.89. The number of allylic oxidation sites excluding steroid dienone is 1. The molecule has 58 valence electrons. The van der Waals surface area contributed by atoms with Crippen molar-refractivity contribution in [1.29, 1.82) is 0 Å². The Morgan fingerprint density at radius 3 is 2.90 bits per heavy atom. The largest absolute Gasteiger partial charge is 0.303 e. The van der Waals surface area contributed by atoms with Gasteiger partial charge in [0.25, 0.3) is 0 Å². The number of carbonyl (C=O) groups excluding carboxylic acids is 1. The van der Waals surface area contributed by atoms with Crippen LogP contribution in [0.4, 0.5) is 0 Å². The van der Waals surface area contributed by atoms with Crippen molar-refractivity contribution in [3.8, 4) is 0 Å². The SMILES string of the molecule is CCCCS/C=C\CC=O. The average Bonchev–Trinajstić information content (AvgIpc) is 1.97. The highest BCUT2D eigenvalue weighted by Crippen LogP contribution is 2.05. The van der Waals surface area contributed by atoms with Gasteiger partial charge in [-0.05, 0) is 17.6 Å². The van der Waals surface area contributed by atoms with Crippen LogP contribution >= 0.6 is 11.8 Å². The number of carbonyl (C=O) groups is 1. The lowest BCUT2D eigenvalue weighted by Crippen LogP contribution is -1.72. The van der Waals surface area contributed by atoms with Crippen molar-refractivity contribution in [2.45, 2.75) is 26.2 Å². The van der Waals surface area contributed by atoms with Crippen LogP contribution in [0.2, 0.25) is 0 Å². The van der Waals surface area contributed by atoms with E-state index in [4.69, 9.17) is 0 Å². The number of hydrogen-bond donors (Lipinski definition) is 0. The number of aldehydes is 1. The molecule has 0 N–H and O–H groups in total. The Kier molecular flexibility index (Phi) is 8.55. The van der Waals surface area contributed by atoms with E-state index in [1.54, 1.807) is 11.8 Å². The van der Waals surface area contributed by atoms with Gasteiger partial charge < -0.3 is 4.79 Å². The second-order valence-corrected chi connectivity index (χ2v) is 3.01. The normalized spacial score (nSPS) is 10.5. The first-order chi connectivity index (χ1) is 4.91. The molecule has 10 heavy (non-hydrogen) atoms. The van der Waals surface area contributed by atoms with Crippen molar-refractivity contribution in [3.05, 3.63) is 11.5 Å². The van der Waals surface area contributed by atoms with E-state index >= 15 is 0 Å². The van der Waals surface area contributed by atoms with E-state index < -0.39 is 0 Å². The Hall–Kier alpha value is -0.240. The molecule has 0 aliphatic rings. The molecule has 0 aromatic rings. The molecule has 0 rings (SSSR count). The van der Waals surface area contributed by atoms with E-state index in [0.29, 0.717) is 6.42 Å². The smallest absolute Gasteiger partial charge is 0.123 e. The predicted octanol–water partition coefficient (Wildman–Crippen LogP) is 2.62. The molecule has 0 radical (unpaired) electrons. The van der Waals surface area contributed by atoms with Gasteiger partial charge in [-0.3, -0.25) is 0 Å². The first-order valence-corrected chi connectivity index (χ1v) is 4.67. The fourth-order valence-electron chi connectivity index (χ4n) is 0.475. The Bertz CT molecular complexity index is 99.4. The van der Waals surface area contributed by atoms with Crippen LogP contribution in [0.25, 0.3) is 0 Å². The third-order valence-corrected chi connectivity index (χ3v) is 1.95. The maximum Gasteiger partial charge on any atom is 0.123 e. The molecule has 0 atom stereocenters. The van der Waals surface area contributed by atoms with Crippen LogP contribution in [0.15, 0.2) is 11.5 Å². The molecule has 0 aliphatic carbocycles. The number of hydrogen-bond acceptors (Lipinski definition) is 2. The number of thioether (sulfide) groups is 1. The van der Waals surface area contributed by atoms with E-state index in [2.05, 4.69) is 6.92 Å². The summed E-state index contributed by atoms with van der Waals surface area (Å²) >= 11 is 1.78. The van der Waals surface area contributed by atoms with Crippen LogP contribution < -0.4 is 0 Å². The third-order valence-electron chi connectivity index (χ3n) is 1.04. The molecule has 0 aliphatic heterocycles. The van der Waals surface area contributed by atoms with Crippen molar-refractivity contribution in [3.63, 3.8) is 0 Å². The summed E-state index contributed by atoms with van der Waals surface area (Å²) in [6.45, 7) is 2.18. The third kappa shape index (κ3) is 7.76. The molecule has 0 aromatic carbocycles. The molecule has 2 heteroatoms. The first-order valence-electron chi connectivity index (χ1n) is 3.62. The fourth-order valence-corrected chi connectivity index (χ4v) is 1.31. The van der Waals surface area contributed by atoms with Gasteiger partial charge in [0.15, 0.2) is 0 Å². The van der Waals surface area contributed by atoms with Crippen LogP contribution in [-0.2, 0) is 4.79 Å². The molecule has 0 aromatic heterocycles. The molecule has 0 spiro atoms. The van der Waals surface area contributed by atoms with Crippen molar-refractivity contribution in [2.75, 3.05) is 5.75 Å². The molecule has 0 saturated heterocycles. The maximum absolute atomic E-state index is 9.83. The number of rotatable bonds is 6. The lowest BCUT2D eigenvalue weighted by molar-refractivity contribution is -0.107. The summed E-state index contributed by atoms with van der Waals surface area (Å²) < 4.78 is 0. The van der Waals surface area contributed by atoms with Gasteiger partial charge in [-0.1, -0.05) is 19.4 Å². The quantitative estimate of drug-likeness (QED) is 0.436. The second kappa shape index (κ2) is 8.76. The average molecular weight is 158 g/mol. The van der Waals surface area contributed by atoms with Crippen LogP contribution in [0.5, 0.6) is 0 Å². The topological polar surface area (TPSA) is 17.1 Å². The zero-order chi connectivity index (χ0) is 7.66. The minimum atomic E-state index is 0.555. The highest BCUT2D eigenvalue weighted by atomic mass is 32.2. The van der Waals surface area contributed by atoms with Gasteiger partial charge in [-0.2, -0.15) is 0 Å². The van der Waals surface area contributed by atoms with Gasteiger partial charge in [-0.25, -0.2) is 0 Å². The molecular formula is C8H14OS. The van der Waals surface area contributed by atoms with Gasteiger partial charge in [-0.15, -0.1) is 11.8 Å². The van der Waals surface area contributed by atoms with E-state index in [9.17, 15) is 4.79 Å². The molecule has 0 fully saturated rings. The molecule has 0 heterocycles. The van der Waals surface area contributed by atoms with Gasteiger partial charge >= 0.3 is 0 Å². The fraction of sp³-hybridized carbons (Fsp3) is 0.625. The Labute approximate surface area is 66.9 Å². The van der Waals surface area contributed by atoms with E-state index in [0.717, 1.165) is 6.29 Å². The summed E-state index contributed by atoms with van der Waals surface area (Å²) in [5, 5.41) is 2.00. The van der Waals surface area contributed by atoms with Crippen LogP contribution in [0.1, 0.15) is 26.2 Å². The highest BCUT2D eigenvalue weighted by molar-refractivity contribution is 8.02. The van der Waals surface area contributed by atoms with E-state index in [-0.39, 0.29) is 0 Å². The summed E-state index contributed by atoms with van der Waals surface area (Å²) in [6, 6.07) is 0. The summed E-state index contributed by atoms with van der Waals surface area (Å²) in [6.07, 6.45) is 5.87. The molecular weight excluding hydrogens is 144 g/mol. The zero-order valence-electron chi connectivity index (χ0n) is 6.38. The molecule has 0 bridgehead atoms. The molecule has 0 unspecified atom stereocenters. The molecule has 0 amide bonds. The van der Waals surface area contributed by atoms with Crippen LogP contribution in [0.3, 0.4) is 0 Å². The minimum absolute atomic E-state index is 0.555. The van der Waals surface area contributed by atoms with Crippen molar-refractivity contribution < 1.29 is 4.79 Å². The van der Waals surface area contributed by atoms with Crippen molar-refractivity contribution >= 4 is 18.0 Å². The van der Waals surface area contributed by atoms with E-state index in [1.807, 2.05) is 11.5 Å². The van der Waals surface area contributed by atoms with Gasteiger partial charge in [0, 0.05) is 6.42 Å². The second-order valence-electron chi connectivity index (χ2n) is 2.00. The number of unbranched alkanes of at least 4 members (excludes halogenated alkanes) is 1. The minimum Gasteiger partial charge on any atom is -0.303 e. The monoisotopic (exact) mass is 158 g/mol. The van der Waals surface area contributed by atoms with Crippen molar-refractivity contribution in [2.24, 2.45) is 0 Å². The van der Waals surface area contributed by atoms with Gasteiger partial charge in [0.1, 0.15) is 6.29 Å². The zero-order valence-corrected chi connectivity index (χ0v) is 7.19. The Balaban J connectivity index is 2.94. The standard InChI is InChI=1S/C8H14OS/c1-2-3-7-10-8-5-4-6-9/h5-6,8H,2-4,7H2,1H3/b8-5-. The van der Waals surface area contributed by atoms with E-state index in [1.165, 1.54) is 18.6 Å². The van der Waals surface area contributed by atoms with Gasteiger partial charge in [0.2, 0.25) is 0 Å². The Morgan fingerprint density at radius 2 is 2.30 bits per heavy atom. The highest BCUT2D eigenvalue weighted by Gasteiger charge is 1.80. The van der Waals surface area contributed by atoms with Gasteiger partial charge in [0.05, 0.1) is 0 Å². The first kappa shape index (κ1) is 9.76. The lowest BCUT2D eigenvalue weighted by atomic mass is 10.4. The summed E-state index contributed by atoms with van der Waals surface area (Å²) in [5.74, 6) is 1.17. The molecule has 0 saturated carbocycles. The summed E-state index contributed by atoms with van der Waals surface area (Å²) in [4.78, 5) is 9.83. The van der Waals surface area contributed by atoms with Crippen LogP contribution in [-0.4, -0.2) is 12.0 Å². The predicted molar refractivity (Wildman–Crippen MR) is 47.2 cm³/mol. The van der Waals surface area contributed by atoms with Crippen molar-refractivity contribution in [1.82, 2.24) is 0 Å². The summed E-state index contributed by atoms with van der Waals surface area (Å²) in [7, 11) is 0. The van der Waals surface area contributed by atoms with Crippen LogP contribution in [0, 0.1) is 0 Å². The Morgan fingerprint density at radius 1 is 1.50 bits per heavy atom.